The van der Waals surface area contributed by atoms with Gasteiger partial charge in [-0.25, -0.2) is 0 Å². The lowest BCUT2D eigenvalue weighted by atomic mass is 10.0. The van der Waals surface area contributed by atoms with Gasteiger partial charge in [0.15, 0.2) is 5.69 Å². The first kappa shape index (κ1) is 13.0. The molecule has 5 heterocycles. The molecule has 0 aliphatic carbocycles. The van der Waals surface area contributed by atoms with Crippen molar-refractivity contribution in [3.63, 3.8) is 0 Å². The first-order valence-corrected chi connectivity index (χ1v) is 8.32. The Labute approximate surface area is 127 Å². The van der Waals surface area contributed by atoms with E-state index in [0.717, 1.165) is 49.6 Å². The monoisotopic (exact) mass is 302 g/mol. The van der Waals surface area contributed by atoms with Gasteiger partial charge in [0.05, 0.1) is 10.6 Å². The van der Waals surface area contributed by atoms with E-state index >= 15 is 0 Å². The number of carbonyl (C=O) groups is 1. The molecule has 0 unspecified atom stereocenters. The molecule has 2 aromatic heterocycles. The summed E-state index contributed by atoms with van der Waals surface area (Å²) < 4.78 is 0. The molecule has 1 amide bonds. The van der Waals surface area contributed by atoms with Crippen LogP contribution in [0, 0.1) is 0 Å². The van der Waals surface area contributed by atoms with E-state index in [9.17, 15) is 4.79 Å². The molecular weight excluding hydrogens is 284 g/mol. The number of hydrogen-bond acceptors (Lipinski definition) is 4. The standard InChI is InChI=1S/C15H18N4OS/c20-15(19-8-7-18-5-3-11(19)4-6-18)13-10-12(16-17-13)14-2-1-9-21-14/h1-2,9-11H,3-8H2,(H,16,17). The van der Waals surface area contributed by atoms with E-state index in [2.05, 4.69) is 15.1 Å². The average molecular weight is 302 g/mol. The Balaban J connectivity index is 1.57. The lowest BCUT2D eigenvalue weighted by molar-refractivity contribution is 0.0679. The summed E-state index contributed by atoms with van der Waals surface area (Å²) in [5.74, 6) is 0.0720. The minimum Gasteiger partial charge on any atom is -0.333 e. The number of H-pyrrole nitrogens is 1. The van der Waals surface area contributed by atoms with Crippen molar-refractivity contribution in [3.05, 3.63) is 29.3 Å². The van der Waals surface area contributed by atoms with Crippen molar-refractivity contribution >= 4 is 17.2 Å². The van der Waals surface area contributed by atoms with E-state index in [-0.39, 0.29) is 5.91 Å². The summed E-state index contributed by atoms with van der Waals surface area (Å²) in [6, 6.07) is 6.31. The van der Waals surface area contributed by atoms with Gasteiger partial charge in [0, 0.05) is 32.2 Å². The molecule has 2 bridgehead atoms. The predicted molar refractivity (Wildman–Crippen MR) is 82.4 cm³/mol. The Hall–Kier alpha value is -1.66. The second-order valence-electron chi connectivity index (χ2n) is 5.72. The van der Waals surface area contributed by atoms with Gasteiger partial charge < -0.3 is 9.80 Å². The molecule has 110 valence electrons. The van der Waals surface area contributed by atoms with Crippen molar-refractivity contribution in [2.45, 2.75) is 18.9 Å². The van der Waals surface area contributed by atoms with Crippen LogP contribution in [0.5, 0.6) is 0 Å². The molecule has 0 spiro atoms. The summed E-state index contributed by atoms with van der Waals surface area (Å²) >= 11 is 1.65. The van der Waals surface area contributed by atoms with E-state index in [1.165, 1.54) is 0 Å². The molecule has 2 aromatic rings. The van der Waals surface area contributed by atoms with Crippen LogP contribution in [-0.4, -0.2) is 58.1 Å². The van der Waals surface area contributed by atoms with Crippen molar-refractivity contribution in [1.82, 2.24) is 20.0 Å². The molecule has 0 radical (unpaired) electrons. The Bertz CT molecular complexity index is 628. The quantitative estimate of drug-likeness (QED) is 0.924. The van der Waals surface area contributed by atoms with Crippen LogP contribution in [0.4, 0.5) is 0 Å². The number of nitrogens with zero attached hydrogens (tertiary/aromatic N) is 3. The topological polar surface area (TPSA) is 52.2 Å². The molecule has 3 saturated heterocycles. The van der Waals surface area contributed by atoms with E-state index < -0.39 is 0 Å². The maximum absolute atomic E-state index is 12.8. The molecule has 0 atom stereocenters. The van der Waals surface area contributed by atoms with Crippen molar-refractivity contribution in [2.24, 2.45) is 0 Å². The molecule has 3 fully saturated rings. The van der Waals surface area contributed by atoms with E-state index in [0.29, 0.717) is 11.7 Å². The predicted octanol–water partition coefficient (Wildman–Crippen LogP) is 2.06. The van der Waals surface area contributed by atoms with Gasteiger partial charge >= 0.3 is 0 Å². The number of nitrogens with one attached hydrogen (secondary N) is 1. The number of aromatic amines is 1. The highest BCUT2D eigenvalue weighted by Gasteiger charge is 2.33. The Morgan fingerprint density at radius 2 is 2.14 bits per heavy atom. The maximum Gasteiger partial charge on any atom is 0.274 e. The minimum atomic E-state index is 0.0720. The number of thiophene rings is 1. The molecule has 3 aliphatic rings. The normalized spacial score (nSPS) is 25.0. The summed E-state index contributed by atoms with van der Waals surface area (Å²) in [6.07, 6.45) is 2.18. The van der Waals surface area contributed by atoms with Crippen LogP contribution in [0.2, 0.25) is 0 Å². The van der Waals surface area contributed by atoms with Crippen LogP contribution < -0.4 is 0 Å². The summed E-state index contributed by atoms with van der Waals surface area (Å²) in [6.45, 7) is 4.06. The zero-order valence-electron chi connectivity index (χ0n) is 11.8. The number of hydrogen-bond donors (Lipinski definition) is 1. The number of carbonyl (C=O) groups excluding carboxylic acids is 1. The highest BCUT2D eigenvalue weighted by molar-refractivity contribution is 7.13. The lowest BCUT2D eigenvalue weighted by Gasteiger charge is -2.30. The minimum absolute atomic E-state index is 0.0720. The Kier molecular flexibility index (Phi) is 3.27. The highest BCUT2D eigenvalue weighted by Crippen LogP contribution is 2.25. The second kappa shape index (κ2) is 5.27. The zero-order valence-corrected chi connectivity index (χ0v) is 12.6. The van der Waals surface area contributed by atoms with Crippen molar-refractivity contribution < 1.29 is 4.79 Å². The summed E-state index contributed by atoms with van der Waals surface area (Å²) in [5.41, 5.74) is 1.47. The SMILES string of the molecule is O=C(c1cc(-c2cccs2)[nH]n1)N1CCN2CCC1CC2. The van der Waals surface area contributed by atoms with Gasteiger partial charge in [-0.3, -0.25) is 9.89 Å². The van der Waals surface area contributed by atoms with Gasteiger partial charge in [0.1, 0.15) is 0 Å². The van der Waals surface area contributed by atoms with Crippen LogP contribution >= 0.6 is 11.3 Å². The second-order valence-corrected chi connectivity index (χ2v) is 6.66. The van der Waals surface area contributed by atoms with Crippen molar-refractivity contribution in [3.8, 4) is 10.6 Å². The molecule has 0 aromatic carbocycles. The Morgan fingerprint density at radius 3 is 2.90 bits per heavy atom. The third kappa shape index (κ3) is 2.38. The summed E-state index contributed by atoms with van der Waals surface area (Å²) in [7, 11) is 0. The van der Waals surface area contributed by atoms with Gasteiger partial charge in [-0.05, 0) is 30.4 Å². The fourth-order valence-corrected chi connectivity index (χ4v) is 3.98. The molecule has 0 saturated carbocycles. The van der Waals surface area contributed by atoms with E-state index in [4.69, 9.17) is 0 Å². The number of amides is 1. The van der Waals surface area contributed by atoms with Crippen LogP contribution in [0.1, 0.15) is 23.3 Å². The summed E-state index contributed by atoms with van der Waals surface area (Å²) in [4.78, 5) is 18.3. The van der Waals surface area contributed by atoms with Gasteiger partial charge in [0.25, 0.3) is 5.91 Å². The summed E-state index contributed by atoms with van der Waals surface area (Å²) in [5, 5.41) is 9.25. The Morgan fingerprint density at radius 1 is 1.29 bits per heavy atom. The van der Waals surface area contributed by atoms with Crippen LogP contribution in [-0.2, 0) is 0 Å². The first-order valence-electron chi connectivity index (χ1n) is 7.44. The molecule has 5 nitrogen and oxygen atoms in total. The van der Waals surface area contributed by atoms with Gasteiger partial charge in [-0.1, -0.05) is 6.07 Å². The van der Waals surface area contributed by atoms with E-state index in [1.807, 2.05) is 28.5 Å². The van der Waals surface area contributed by atoms with Gasteiger partial charge in [0.2, 0.25) is 0 Å². The highest BCUT2D eigenvalue weighted by atomic mass is 32.1. The molecule has 1 N–H and O–H groups in total. The number of piperidine rings is 1. The molecular formula is C15H18N4OS. The van der Waals surface area contributed by atoms with Crippen LogP contribution in [0.3, 0.4) is 0 Å². The molecule has 21 heavy (non-hydrogen) atoms. The van der Waals surface area contributed by atoms with Crippen molar-refractivity contribution in [1.29, 1.82) is 0 Å². The van der Waals surface area contributed by atoms with E-state index in [1.54, 1.807) is 11.3 Å². The fourth-order valence-electron chi connectivity index (χ4n) is 3.29. The first-order chi connectivity index (χ1) is 10.3. The van der Waals surface area contributed by atoms with Crippen LogP contribution in [0.25, 0.3) is 10.6 Å². The largest absolute Gasteiger partial charge is 0.333 e. The zero-order chi connectivity index (χ0) is 14.2. The number of rotatable bonds is 2. The van der Waals surface area contributed by atoms with Crippen LogP contribution in [0.15, 0.2) is 23.6 Å². The molecule has 3 aliphatic heterocycles. The van der Waals surface area contributed by atoms with Gasteiger partial charge in [-0.2, -0.15) is 5.10 Å². The smallest absolute Gasteiger partial charge is 0.274 e. The third-order valence-electron chi connectivity index (χ3n) is 4.50. The molecule has 6 heteroatoms. The fraction of sp³-hybridized carbons (Fsp3) is 0.467. The molecule has 5 rings (SSSR count). The number of fused-ring (bicyclic) bond motifs is 4. The third-order valence-corrected chi connectivity index (χ3v) is 5.40. The number of aromatic nitrogens is 2. The lowest BCUT2D eigenvalue weighted by Crippen LogP contribution is -2.41. The van der Waals surface area contributed by atoms with Crippen molar-refractivity contribution in [2.75, 3.05) is 26.2 Å². The average Bonchev–Trinajstić information content (AvgIpc) is 3.12. The van der Waals surface area contributed by atoms with Gasteiger partial charge in [-0.15, -0.1) is 11.3 Å². The maximum atomic E-state index is 12.8.